The first-order valence-electron chi connectivity index (χ1n) is 6.07. The third-order valence-corrected chi connectivity index (χ3v) is 3.63. The summed E-state index contributed by atoms with van der Waals surface area (Å²) in [4.78, 5) is 5.43. The number of benzene rings is 2. The summed E-state index contributed by atoms with van der Waals surface area (Å²) in [5, 5.41) is 18.3. The van der Waals surface area contributed by atoms with Crippen molar-refractivity contribution in [1.82, 2.24) is 5.06 Å². The molecule has 7 heteroatoms. The number of hydroxylamine groups is 2. The molecule has 1 aliphatic rings. The zero-order chi connectivity index (χ0) is 15.1. The van der Waals surface area contributed by atoms with Crippen LogP contribution in [-0.2, 0) is 0 Å². The van der Waals surface area contributed by atoms with Crippen LogP contribution in [0.3, 0.4) is 0 Å². The molecular formula is C14H11ClFN3O2. The number of phenolic OH excluding ortho intramolecular Hbond substituents is 1. The number of phenols is 1. The number of hydrogen-bond acceptors (Lipinski definition) is 3. The lowest BCUT2D eigenvalue weighted by atomic mass is 9.98. The molecule has 0 bridgehead atoms. The van der Waals surface area contributed by atoms with Crippen molar-refractivity contribution in [2.75, 3.05) is 0 Å². The number of aromatic hydroxyl groups is 1. The van der Waals surface area contributed by atoms with Gasteiger partial charge in [-0.05, 0) is 18.2 Å². The van der Waals surface area contributed by atoms with Crippen LogP contribution in [0, 0.1) is 11.2 Å². The fourth-order valence-electron chi connectivity index (χ4n) is 2.33. The molecule has 2 aromatic carbocycles. The molecule has 0 spiro atoms. The molecule has 1 heterocycles. The van der Waals surface area contributed by atoms with Crippen LogP contribution in [-0.4, -0.2) is 16.1 Å². The minimum absolute atomic E-state index is 0.00223. The summed E-state index contributed by atoms with van der Waals surface area (Å²) in [6.07, 6.45) is 0. The molecule has 2 aromatic rings. The minimum atomic E-state index is -0.739. The summed E-state index contributed by atoms with van der Waals surface area (Å²) in [5.74, 6) is -0.836. The minimum Gasteiger partial charge on any atom is -0.506 e. The first-order chi connectivity index (χ1) is 10.0. The van der Waals surface area contributed by atoms with E-state index in [1.807, 2.05) is 0 Å². The van der Waals surface area contributed by atoms with Crippen molar-refractivity contribution in [3.63, 3.8) is 0 Å². The molecule has 3 rings (SSSR count). The van der Waals surface area contributed by atoms with Crippen LogP contribution in [0.1, 0.15) is 17.2 Å². The molecule has 0 radical (unpaired) electrons. The van der Waals surface area contributed by atoms with E-state index in [1.54, 1.807) is 24.3 Å². The van der Waals surface area contributed by atoms with Crippen molar-refractivity contribution in [2.24, 2.45) is 5.73 Å². The van der Waals surface area contributed by atoms with E-state index in [9.17, 15) is 9.50 Å². The van der Waals surface area contributed by atoms with Crippen LogP contribution >= 0.6 is 11.6 Å². The van der Waals surface area contributed by atoms with Gasteiger partial charge in [0.2, 0.25) is 5.96 Å². The molecule has 0 saturated heterocycles. The zero-order valence-electron chi connectivity index (χ0n) is 10.7. The summed E-state index contributed by atoms with van der Waals surface area (Å²) < 4.78 is 14.1. The predicted molar refractivity (Wildman–Crippen MR) is 75.7 cm³/mol. The Balaban J connectivity index is 2.21. The fraction of sp³-hybridized carbons (Fsp3) is 0.0714. The highest BCUT2D eigenvalue weighted by Crippen LogP contribution is 2.48. The second-order valence-electron chi connectivity index (χ2n) is 4.54. The second kappa shape index (κ2) is 4.82. The van der Waals surface area contributed by atoms with E-state index in [2.05, 4.69) is 0 Å². The molecule has 1 atom stereocenters. The van der Waals surface area contributed by atoms with Gasteiger partial charge >= 0.3 is 0 Å². The topological polar surface area (TPSA) is 82.6 Å². The Morgan fingerprint density at radius 3 is 2.67 bits per heavy atom. The van der Waals surface area contributed by atoms with E-state index in [4.69, 9.17) is 27.6 Å². The Hall–Kier alpha value is -2.47. The third-order valence-electron chi connectivity index (χ3n) is 3.26. The van der Waals surface area contributed by atoms with Gasteiger partial charge in [-0.25, -0.2) is 4.39 Å². The summed E-state index contributed by atoms with van der Waals surface area (Å²) in [6, 6.07) is 8.35. The number of halogens is 2. The maximum Gasteiger partial charge on any atom is 0.223 e. The van der Waals surface area contributed by atoms with E-state index in [1.165, 1.54) is 12.1 Å². The summed E-state index contributed by atoms with van der Waals surface area (Å²) >= 11 is 5.99. The molecule has 0 aromatic heterocycles. The Labute approximate surface area is 124 Å². The van der Waals surface area contributed by atoms with E-state index in [0.717, 1.165) is 5.06 Å². The second-order valence-corrected chi connectivity index (χ2v) is 4.92. The van der Waals surface area contributed by atoms with E-state index >= 15 is 0 Å². The molecular weight excluding hydrogens is 297 g/mol. The van der Waals surface area contributed by atoms with Gasteiger partial charge in [-0.3, -0.25) is 5.41 Å². The molecule has 1 aliphatic heterocycles. The van der Waals surface area contributed by atoms with E-state index < -0.39 is 17.8 Å². The molecule has 0 saturated carbocycles. The third kappa shape index (κ3) is 2.04. The number of nitrogens with one attached hydrogen (secondary N) is 1. The summed E-state index contributed by atoms with van der Waals surface area (Å²) in [6.45, 7) is 0. The molecule has 1 unspecified atom stereocenters. The van der Waals surface area contributed by atoms with Gasteiger partial charge in [0, 0.05) is 11.1 Å². The Morgan fingerprint density at radius 1 is 1.29 bits per heavy atom. The molecule has 5 nitrogen and oxygen atoms in total. The SMILES string of the molecule is N=C(N)N1Oc2c(ccc(O)c2Cl)C1c1ccccc1F. The van der Waals surface area contributed by atoms with Crippen LogP contribution in [0.15, 0.2) is 36.4 Å². The maximum absolute atomic E-state index is 14.1. The quantitative estimate of drug-likeness (QED) is 0.559. The van der Waals surface area contributed by atoms with Crippen LogP contribution in [0.25, 0.3) is 0 Å². The number of nitrogens with zero attached hydrogens (tertiary/aromatic N) is 1. The predicted octanol–water partition coefficient (Wildman–Crippen LogP) is 2.78. The number of hydrogen-bond donors (Lipinski definition) is 3. The molecule has 0 aliphatic carbocycles. The molecule has 0 amide bonds. The van der Waals surface area contributed by atoms with Crippen LogP contribution in [0.4, 0.5) is 4.39 Å². The average Bonchev–Trinajstić information content (AvgIpc) is 2.84. The van der Waals surface area contributed by atoms with Crippen molar-refractivity contribution >= 4 is 17.6 Å². The zero-order valence-corrected chi connectivity index (χ0v) is 11.4. The van der Waals surface area contributed by atoms with Gasteiger partial charge in [-0.2, -0.15) is 5.06 Å². The first-order valence-corrected chi connectivity index (χ1v) is 6.45. The van der Waals surface area contributed by atoms with Gasteiger partial charge in [-0.15, -0.1) is 0 Å². The maximum atomic E-state index is 14.1. The van der Waals surface area contributed by atoms with Crippen molar-refractivity contribution < 1.29 is 14.3 Å². The van der Waals surface area contributed by atoms with Gasteiger partial charge < -0.3 is 15.7 Å². The fourth-order valence-corrected chi connectivity index (χ4v) is 2.53. The number of fused-ring (bicyclic) bond motifs is 1. The van der Waals surface area contributed by atoms with Gasteiger partial charge in [0.15, 0.2) is 5.75 Å². The van der Waals surface area contributed by atoms with E-state index in [-0.39, 0.29) is 16.5 Å². The molecule has 0 fully saturated rings. The lowest BCUT2D eigenvalue weighted by Crippen LogP contribution is -2.38. The summed E-state index contributed by atoms with van der Waals surface area (Å²) in [7, 11) is 0. The van der Waals surface area contributed by atoms with Crippen molar-refractivity contribution in [3.8, 4) is 11.5 Å². The van der Waals surface area contributed by atoms with Crippen LogP contribution in [0.5, 0.6) is 11.5 Å². The number of guanidine groups is 1. The van der Waals surface area contributed by atoms with E-state index in [0.29, 0.717) is 11.1 Å². The Bertz CT molecular complexity index is 738. The monoisotopic (exact) mass is 307 g/mol. The van der Waals surface area contributed by atoms with Crippen LogP contribution < -0.4 is 10.6 Å². The van der Waals surface area contributed by atoms with Crippen molar-refractivity contribution in [3.05, 3.63) is 58.4 Å². The lowest BCUT2D eigenvalue weighted by molar-refractivity contribution is 0.0172. The normalized spacial score (nSPS) is 16.5. The number of rotatable bonds is 1. The van der Waals surface area contributed by atoms with Crippen LogP contribution in [0.2, 0.25) is 5.02 Å². The van der Waals surface area contributed by atoms with Gasteiger partial charge in [0.1, 0.15) is 22.6 Å². The Kier molecular flexibility index (Phi) is 3.10. The van der Waals surface area contributed by atoms with Crippen molar-refractivity contribution in [1.29, 1.82) is 5.41 Å². The van der Waals surface area contributed by atoms with Gasteiger partial charge in [0.25, 0.3) is 0 Å². The standard InChI is InChI=1S/C14H11ClFN3O2/c15-11-10(20)6-5-8-12(7-3-1-2-4-9(7)16)19(14(17)18)21-13(8)11/h1-6,12,20H,(H3,17,18). The largest absolute Gasteiger partial charge is 0.506 e. The first kappa shape index (κ1) is 13.5. The molecule has 21 heavy (non-hydrogen) atoms. The molecule has 4 N–H and O–H groups in total. The lowest BCUT2D eigenvalue weighted by Gasteiger charge is -2.23. The molecule has 108 valence electrons. The van der Waals surface area contributed by atoms with Crippen molar-refractivity contribution in [2.45, 2.75) is 6.04 Å². The average molecular weight is 308 g/mol. The Morgan fingerprint density at radius 2 is 2.00 bits per heavy atom. The summed E-state index contributed by atoms with van der Waals surface area (Å²) in [5.41, 5.74) is 6.32. The highest BCUT2D eigenvalue weighted by atomic mass is 35.5. The number of nitrogens with two attached hydrogens (primary N) is 1. The smallest absolute Gasteiger partial charge is 0.223 e. The van der Waals surface area contributed by atoms with Gasteiger partial charge in [0.05, 0.1) is 0 Å². The van der Waals surface area contributed by atoms with Gasteiger partial charge in [-0.1, -0.05) is 29.8 Å². The highest BCUT2D eigenvalue weighted by molar-refractivity contribution is 6.33. The highest BCUT2D eigenvalue weighted by Gasteiger charge is 2.38.